The molecule has 0 atom stereocenters. The van der Waals surface area contributed by atoms with Crippen LogP contribution in [0.5, 0.6) is 0 Å². The lowest BCUT2D eigenvalue weighted by Gasteiger charge is -2.35. The van der Waals surface area contributed by atoms with Crippen LogP contribution in [0.25, 0.3) is 17.2 Å². The van der Waals surface area contributed by atoms with Gasteiger partial charge in [-0.15, -0.1) is 0 Å². The van der Waals surface area contributed by atoms with Gasteiger partial charge in [0, 0.05) is 10.8 Å². The van der Waals surface area contributed by atoms with Gasteiger partial charge in [-0.1, -0.05) is 161 Å². The van der Waals surface area contributed by atoms with Gasteiger partial charge in [-0.2, -0.15) is 0 Å². The predicted molar refractivity (Wildman–Crippen MR) is 195 cm³/mol. The summed E-state index contributed by atoms with van der Waals surface area (Å²) in [5, 5.41) is 28.1. The fourth-order valence-corrected chi connectivity index (χ4v) is 13.4. The third kappa shape index (κ3) is 4.04. The zero-order chi connectivity index (χ0) is 31.8. The van der Waals surface area contributed by atoms with Crippen LogP contribution in [-0.4, -0.2) is 25.2 Å². The Balaban J connectivity index is 1.44. The molecule has 3 aliphatic rings. The van der Waals surface area contributed by atoms with Crippen molar-refractivity contribution in [2.24, 2.45) is 5.41 Å². The Morgan fingerprint density at radius 2 is 1.15 bits per heavy atom. The second kappa shape index (κ2) is 10.3. The number of hydrogen-bond donors (Lipinski definition) is 2. The van der Waals surface area contributed by atoms with Gasteiger partial charge in [0.2, 0.25) is 0 Å². The average molecular weight is 613 g/mol. The molecule has 0 saturated heterocycles. The van der Waals surface area contributed by atoms with Gasteiger partial charge in [-0.3, -0.25) is 0 Å². The largest absolute Gasteiger partial charge is 0.488 e. The fraction of sp³-hybridized carbons (Fsp3) is 0.143. The van der Waals surface area contributed by atoms with Gasteiger partial charge in [-0.25, -0.2) is 0 Å². The molecule has 0 saturated carbocycles. The summed E-state index contributed by atoms with van der Waals surface area (Å²) in [7, 11) is -4.16. The summed E-state index contributed by atoms with van der Waals surface area (Å²) >= 11 is 0. The lowest BCUT2D eigenvalue weighted by atomic mass is 9.68. The van der Waals surface area contributed by atoms with E-state index in [2.05, 4.69) is 155 Å². The highest BCUT2D eigenvalue weighted by Gasteiger charge is 2.47. The summed E-state index contributed by atoms with van der Waals surface area (Å²) in [5.41, 5.74) is 7.67. The van der Waals surface area contributed by atoms with E-state index in [0.717, 1.165) is 5.56 Å². The van der Waals surface area contributed by atoms with Crippen molar-refractivity contribution in [3.05, 3.63) is 166 Å². The first kappa shape index (κ1) is 29.0. The molecule has 2 N–H and O–H groups in total. The van der Waals surface area contributed by atoms with E-state index in [9.17, 15) is 10.0 Å². The van der Waals surface area contributed by atoms with Crippen molar-refractivity contribution in [3.63, 3.8) is 0 Å². The van der Waals surface area contributed by atoms with Gasteiger partial charge < -0.3 is 10.0 Å². The second-order valence-corrected chi connectivity index (χ2v) is 17.9. The lowest BCUT2D eigenvalue weighted by molar-refractivity contribution is 0.425. The van der Waals surface area contributed by atoms with Gasteiger partial charge in [-0.05, 0) is 76.1 Å². The smallest absolute Gasteiger partial charge is 0.423 e. The molecule has 0 unspecified atom stereocenters. The molecule has 5 aromatic rings. The van der Waals surface area contributed by atoms with E-state index in [-0.39, 0.29) is 10.8 Å². The fourth-order valence-electron chi connectivity index (χ4n) is 8.61. The molecule has 0 amide bonds. The van der Waals surface area contributed by atoms with Crippen LogP contribution in [0.15, 0.2) is 145 Å². The highest BCUT2D eigenvalue weighted by atomic mass is 28.3. The van der Waals surface area contributed by atoms with Crippen LogP contribution < -0.4 is 36.6 Å². The molecule has 224 valence electrons. The van der Waals surface area contributed by atoms with Crippen molar-refractivity contribution >= 4 is 58.6 Å². The summed E-state index contributed by atoms with van der Waals surface area (Å²) < 4.78 is 0. The molecular weight excluding hydrogens is 575 g/mol. The molecule has 2 nitrogen and oxygen atoms in total. The molecule has 4 heteroatoms. The van der Waals surface area contributed by atoms with Crippen molar-refractivity contribution in [1.29, 1.82) is 0 Å². The van der Waals surface area contributed by atoms with E-state index < -0.39 is 15.2 Å². The average Bonchev–Trinajstić information content (AvgIpc) is 3.55. The maximum absolute atomic E-state index is 10.00. The van der Waals surface area contributed by atoms with Gasteiger partial charge in [0.25, 0.3) is 0 Å². The van der Waals surface area contributed by atoms with Crippen LogP contribution in [0.2, 0.25) is 0 Å². The monoisotopic (exact) mass is 612 g/mol. The van der Waals surface area contributed by atoms with E-state index in [4.69, 9.17) is 0 Å². The Kier molecular flexibility index (Phi) is 6.46. The highest BCUT2D eigenvalue weighted by Crippen LogP contribution is 2.58. The van der Waals surface area contributed by atoms with Crippen LogP contribution in [0.1, 0.15) is 38.8 Å². The Bertz CT molecular complexity index is 2120. The number of benzene rings is 5. The minimum Gasteiger partial charge on any atom is -0.423 e. The normalized spacial score (nSPS) is 17.0. The van der Waals surface area contributed by atoms with Gasteiger partial charge in [0.1, 0.15) is 0 Å². The Labute approximate surface area is 272 Å². The van der Waals surface area contributed by atoms with Crippen molar-refractivity contribution in [3.8, 4) is 0 Å². The zero-order valence-electron chi connectivity index (χ0n) is 26.8. The minimum absolute atomic E-state index is 0.210. The van der Waals surface area contributed by atoms with E-state index in [0.29, 0.717) is 5.46 Å². The Morgan fingerprint density at radius 1 is 0.587 bits per heavy atom. The molecule has 0 bridgehead atoms. The van der Waals surface area contributed by atoms with Crippen molar-refractivity contribution < 1.29 is 10.0 Å². The van der Waals surface area contributed by atoms with E-state index >= 15 is 0 Å². The molecule has 0 fully saturated rings. The third-order valence-corrected chi connectivity index (χ3v) is 15.3. The topological polar surface area (TPSA) is 40.5 Å². The molecule has 5 aromatic carbocycles. The van der Waals surface area contributed by atoms with Gasteiger partial charge >= 0.3 is 7.12 Å². The summed E-state index contributed by atoms with van der Waals surface area (Å²) in [6, 6.07) is 46.5. The summed E-state index contributed by atoms with van der Waals surface area (Å²) in [6.45, 7) is 9.24. The first-order chi connectivity index (χ1) is 22.1. The minimum atomic E-state index is -2.68. The highest BCUT2D eigenvalue weighted by molar-refractivity contribution is 7.19. The van der Waals surface area contributed by atoms with E-state index in [1.54, 1.807) is 0 Å². The first-order valence-corrected chi connectivity index (χ1v) is 18.2. The van der Waals surface area contributed by atoms with Crippen LogP contribution in [0, 0.1) is 5.41 Å². The number of hydrogen-bond acceptors (Lipinski definition) is 2. The first-order valence-electron chi connectivity index (χ1n) is 16.2. The zero-order valence-corrected chi connectivity index (χ0v) is 27.8. The standard InChI is InChI=1S/C42H37BO2Si/c1-41(2)27-37-34-23-21-29(43(44)45)25-38(34)42(3,4)40(37)36-24-28-20-22-33(26-35(28)39(36)41)46(30-14-8-5-9-15-30,31-16-10-6-11-17-31)32-18-12-7-13-19-32/h5-27,44-45H,1-4H3. The summed E-state index contributed by atoms with van der Waals surface area (Å²) in [4.78, 5) is 0. The van der Waals surface area contributed by atoms with Crippen molar-refractivity contribution in [2.45, 2.75) is 33.1 Å². The molecule has 46 heavy (non-hydrogen) atoms. The predicted octanol–water partition coefficient (Wildman–Crippen LogP) is 3.40. The van der Waals surface area contributed by atoms with Crippen LogP contribution in [0.3, 0.4) is 0 Å². The third-order valence-electron chi connectivity index (χ3n) is 10.6. The van der Waals surface area contributed by atoms with E-state index in [1.807, 2.05) is 12.1 Å². The lowest BCUT2D eigenvalue weighted by Crippen LogP contribution is -2.75. The molecule has 0 spiro atoms. The summed E-state index contributed by atoms with van der Waals surface area (Å²) in [5.74, 6) is 0. The second-order valence-electron chi connectivity index (χ2n) is 14.0. The van der Waals surface area contributed by atoms with Gasteiger partial charge in [0.05, 0.1) is 0 Å². The number of rotatable bonds is 5. The van der Waals surface area contributed by atoms with Crippen LogP contribution in [-0.2, 0) is 5.41 Å². The molecule has 0 aromatic heterocycles. The van der Waals surface area contributed by atoms with Crippen molar-refractivity contribution in [1.82, 2.24) is 0 Å². The maximum atomic E-state index is 10.00. The number of allylic oxidation sites excluding steroid dienone is 4. The SMILES string of the molecule is CC1(C)C=C2C(=C3C=c4ccc([Si](c5ccccc5)(c5ccccc5)c5ccccc5)cc4=C31)C(C)(C)c1cc(B(O)O)ccc12. The van der Waals surface area contributed by atoms with Crippen LogP contribution >= 0.6 is 0 Å². The number of fused-ring (bicyclic) bond motifs is 5. The maximum Gasteiger partial charge on any atom is 0.488 e. The molecule has 3 aliphatic carbocycles. The van der Waals surface area contributed by atoms with Gasteiger partial charge in [0.15, 0.2) is 8.07 Å². The van der Waals surface area contributed by atoms with E-state index in [1.165, 1.54) is 59.0 Å². The van der Waals surface area contributed by atoms with Crippen molar-refractivity contribution in [2.75, 3.05) is 0 Å². The summed E-state index contributed by atoms with van der Waals surface area (Å²) in [6.07, 6.45) is 4.86. The molecule has 0 radical (unpaired) electrons. The molecule has 8 rings (SSSR count). The Hall–Kier alpha value is -4.48. The molecule has 0 aliphatic heterocycles. The van der Waals surface area contributed by atoms with Crippen LogP contribution in [0.4, 0.5) is 0 Å². The quantitative estimate of drug-likeness (QED) is 0.236. The molecule has 0 heterocycles. The molecular formula is C42H37BO2Si. The Morgan fingerprint density at radius 3 is 1.70 bits per heavy atom.